The minimum absolute atomic E-state index is 0.133. The number of carbonyl (C=O) groups is 1. The molecule has 19 heavy (non-hydrogen) atoms. The Kier molecular flexibility index (Phi) is 3.27. The first-order valence-electron chi connectivity index (χ1n) is 5.90. The van der Waals surface area contributed by atoms with Crippen molar-refractivity contribution >= 4 is 5.78 Å². The average molecular weight is 264 g/mol. The van der Waals surface area contributed by atoms with E-state index in [1.165, 1.54) is 13.0 Å². The molecule has 4 heteroatoms. The van der Waals surface area contributed by atoms with Crippen molar-refractivity contribution in [2.24, 2.45) is 0 Å². The lowest BCUT2D eigenvalue weighted by atomic mass is 9.98. The van der Waals surface area contributed by atoms with Gasteiger partial charge in [0.25, 0.3) is 0 Å². The molecule has 0 spiro atoms. The number of aryl methyl sites for hydroxylation is 3. The molecular formula is C15H14F2O2. The third-order valence-corrected chi connectivity index (χ3v) is 3.28. The maximum atomic E-state index is 13.7. The van der Waals surface area contributed by atoms with Crippen LogP contribution >= 0.6 is 0 Å². The van der Waals surface area contributed by atoms with Gasteiger partial charge in [-0.1, -0.05) is 0 Å². The normalized spacial score (nSPS) is 10.8. The number of benzene rings is 1. The van der Waals surface area contributed by atoms with Crippen molar-refractivity contribution in [3.63, 3.8) is 0 Å². The number of halogens is 2. The van der Waals surface area contributed by atoms with Gasteiger partial charge in [0.15, 0.2) is 5.78 Å². The summed E-state index contributed by atoms with van der Waals surface area (Å²) in [7, 11) is 0. The lowest BCUT2D eigenvalue weighted by molar-refractivity contribution is 0.103. The summed E-state index contributed by atoms with van der Waals surface area (Å²) in [5, 5.41) is 0. The maximum Gasteiger partial charge on any atom is 0.199 e. The second kappa shape index (κ2) is 4.61. The molecule has 2 nitrogen and oxygen atoms in total. The molecule has 0 atom stereocenters. The summed E-state index contributed by atoms with van der Waals surface area (Å²) in [6.45, 7) is 6.63. The van der Waals surface area contributed by atoms with Gasteiger partial charge in [0.05, 0.1) is 11.1 Å². The Morgan fingerprint density at radius 1 is 1.00 bits per heavy atom. The highest BCUT2D eigenvalue weighted by molar-refractivity contribution is 6.10. The second-order valence-corrected chi connectivity index (χ2v) is 4.62. The highest BCUT2D eigenvalue weighted by Gasteiger charge is 2.23. The van der Waals surface area contributed by atoms with Crippen molar-refractivity contribution in [1.82, 2.24) is 0 Å². The Balaban J connectivity index is 2.59. The van der Waals surface area contributed by atoms with Crippen LogP contribution in [-0.2, 0) is 0 Å². The minimum Gasteiger partial charge on any atom is -0.466 e. The van der Waals surface area contributed by atoms with Crippen LogP contribution in [0, 0.1) is 39.3 Å². The van der Waals surface area contributed by atoms with Gasteiger partial charge in [-0.25, -0.2) is 8.78 Å². The van der Waals surface area contributed by atoms with Gasteiger partial charge in [-0.2, -0.15) is 0 Å². The molecule has 2 aromatic rings. The molecule has 100 valence electrons. The summed E-state index contributed by atoms with van der Waals surface area (Å²) >= 11 is 0. The summed E-state index contributed by atoms with van der Waals surface area (Å²) < 4.78 is 32.3. The molecule has 0 fully saturated rings. The Morgan fingerprint density at radius 3 is 2.16 bits per heavy atom. The Hall–Kier alpha value is -1.97. The van der Waals surface area contributed by atoms with Crippen molar-refractivity contribution in [3.05, 3.63) is 57.5 Å². The summed E-state index contributed by atoms with van der Waals surface area (Å²) in [6.07, 6.45) is 0. The number of furan rings is 1. The molecule has 0 aliphatic rings. The fourth-order valence-electron chi connectivity index (χ4n) is 2.09. The zero-order valence-corrected chi connectivity index (χ0v) is 11.2. The van der Waals surface area contributed by atoms with Gasteiger partial charge in [0.2, 0.25) is 0 Å². The van der Waals surface area contributed by atoms with E-state index >= 15 is 0 Å². The predicted octanol–water partition coefficient (Wildman–Crippen LogP) is 4.02. The zero-order valence-electron chi connectivity index (χ0n) is 11.2. The highest BCUT2D eigenvalue weighted by Crippen LogP contribution is 2.25. The number of ketones is 1. The van der Waals surface area contributed by atoms with Crippen molar-refractivity contribution in [1.29, 1.82) is 0 Å². The van der Waals surface area contributed by atoms with Crippen LogP contribution in [0.25, 0.3) is 0 Å². The fraction of sp³-hybridized carbons (Fsp3) is 0.267. The van der Waals surface area contributed by atoms with E-state index in [1.807, 2.05) is 0 Å². The lowest BCUT2D eigenvalue weighted by Gasteiger charge is -2.05. The molecule has 0 unspecified atom stereocenters. The molecule has 1 aromatic carbocycles. The van der Waals surface area contributed by atoms with Crippen LogP contribution in [0.2, 0.25) is 0 Å². The van der Waals surface area contributed by atoms with Gasteiger partial charge in [0, 0.05) is 11.6 Å². The molecule has 2 rings (SSSR count). The first-order chi connectivity index (χ1) is 8.82. The average Bonchev–Trinajstić information content (AvgIpc) is 2.57. The molecule has 0 amide bonds. The smallest absolute Gasteiger partial charge is 0.199 e. The van der Waals surface area contributed by atoms with Crippen LogP contribution in [0.15, 0.2) is 16.5 Å². The lowest BCUT2D eigenvalue weighted by Crippen LogP contribution is -2.07. The monoisotopic (exact) mass is 264 g/mol. The van der Waals surface area contributed by atoms with Crippen LogP contribution in [0.3, 0.4) is 0 Å². The molecule has 0 bridgehead atoms. The van der Waals surface area contributed by atoms with E-state index in [4.69, 9.17) is 4.42 Å². The number of carbonyl (C=O) groups excluding carboxylic acids is 1. The van der Waals surface area contributed by atoms with Crippen LogP contribution in [-0.4, -0.2) is 5.78 Å². The zero-order chi connectivity index (χ0) is 14.3. The van der Waals surface area contributed by atoms with Crippen LogP contribution < -0.4 is 0 Å². The Morgan fingerprint density at radius 2 is 1.63 bits per heavy atom. The third kappa shape index (κ3) is 2.18. The summed E-state index contributed by atoms with van der Waals surface area (Å²) in [5.74, 6) is -0.925. The van der Waals surface area contributed by atoms with Gasteiger partial charge in [0.1, 0.15) is 23.2 Å². The highest BCUT2D eigenvalue weighted by atomic mass is 19.1. The summed E-state index contributed by atoms with van der Waals surface area (Å²) in [6, 6.07) is 1.97. The summed E-state index contributed by atoms with van der Waals surface area (Å²) in [5.41, 5.74) is 1.14. The van der Waals surface area contributed by atoms with Crippen LogP contribution in [0.1, 0.15) is 38.6 Å². The molecule has 0 aliphatic carbocycles. The Labute approximate surface area is 110 Å². The topological polar surface area (TPSA) is 30.2 Å². The van der Waals surface area contributed by atoms with E-state index in [9.17, 15) is 13.6 Å². The van der Waals surface area contributed by atoms with Crippen LogP contribution in [0.5, 0.6) is 0 Å². The standard InChI is InChI=1S/C15H14F2O2/c1-7-5-11(13(17)6-12(7)16)15(18)14-8(2)9(3)19-10(14)4/h5-6H,1-4H3. The molecular weight excluding hydrogens is 250 g/mol. The van der Waals surface area contributed by atoms with E-state index in [-0.39, 0.29) is 11.1 Å². The molecule has 0 aliphatic heterocycles. The van der Waals surface area contributed by atoms with E-state index in [2.05, 4.69) is 0 Å². The molecule has 1 heterocycles. The van der Waals surface area contributed by atoms with E-state index < -0.39 is 17.4 Å². The largest absolute Gasteiger partial charge is 0.466 e. The van der Waals surface area contributed by atoms with Crippen molar-refractivity contribution in [2.45, 2.75) is 27.7 Å². The molecule has 0 saturated heterocycles. The van der Waals surface area contributed by atoms with Gasteiger partial charge < -0.3 is 4.42 Å². The predicted molar refractivity (Wildman–Crippen MR) is 67.4 cm³/mol. The molecule has 0 saturated carbocycles. The van der Waals surface area contributed by atoms with Gasteiger partial charge >= 0.3 is 0 Å². The van der Waals surface area contributed by atoms with E-state index in [1.54, 1.807) is 20.8 Å². The maximum absolute atomic E-state index is 13.7. The quantitative estimate of drug-likeness (QED) is 0.767. The van der Waals surface area contributed by atoms with E-state index in [0.717, 1.165) is 6.07 Å². The number of hydrogen-bond donors (Lipinski definition) is 0. The number of rotatable bonds is 2. The van der Waals surface area contributed by atoms with Crippen molar-refractivity contribution in [3.8, 4) is 0 Å². The van der Waals surface area contributed by atoms with Crippen LogP contribution in [0.4, 0.5) is 8.78 Å². The first kappa shape index (κ1) is 13.5. The fourth-order valence-corrected chi connectivity index (χ4v) is 2.09. The third-order valence-electron chi connectivity index (χ3n) is 3.28. The molecule has 0 radical (unpaired) electrons. The second-order valence-electron chi connectivity index (χ2n) is 4.62. The van der Waals surface area contributed by atoms with Gasteiger partial charge in [-0.05, 0) is 39.3 Å². The van der Waals surface area contributed by atoms with E-state index in [0.29, 0.717) is 22.6 Å². The molecule has 1 aromatic heterocycles. The molecule has 0 N–H and O–H groups in total. The van der Waals surface area contributed by atoms with Crippen molar-refractivity contribution < 1.29 is 18.0 Å². The first-order valence-corrected chi connectivity index (χ1v) is 5.90. The van der Waals surface area contributed by atoms with Gasteiger partial charge in [-0.15, -0.1) is 0 Å². The minimum atomic E-state index is -0.856. The SMILES string of the molecule is Cc1cc(C(=O)c2c(C)oc(C)c2C)c(F)cc1F. The summed E-state index contributed by atoms with van der Waals surface area (Å²) in [4.78, 5) is 12.4. The van der Waals surface area contributed by atoms with Gasteiger partial charge in [-0.3, -0.25) is 4.79 Å². The Bertz CT molecular complexity index is 669. The van der Waals surface area contributed by atoms with Crippen molar-refractivity contribution in [2.75, 3.05) is 0 Å². The number of hydrogen-bond acceptors (Lipinski definition) is 2.